The molecule has 0 aliphatic rings. The van der Waals surface area contributed by atoms with Gasteiger partial charge in [-0.2, -0.15) is 0 Å². The average molecular weight is 245 g/mol. The second kappa shape index (κ2) is 3.75. The number of carbonyl (C=O) groups excluding carboxylic acids is 1. The molecule has 0 amide bonds. The monoisotopic (exact) mass is 244 g/mol. The summed E-state index contributed by atoms with van der Waals surface area (Å²) in [6.07, 6.45) is 3.14. The van der Waals surface area contributed by atoms with E-state index < -0.39 is 0 Å². The summed E-state index contributed by atoms with van der Waals surface area (Å²) in [5.74, 6) is 0.0706. The van der Waals surface area contributed by atoms with Crippen LogP contribution >= 0.6 is 11.6 Å². The van der Waals surface area contributed by atoms with Gasteiger partial charge in [0.2, 0.25) is 5.78 Å². The van der Waals surface area contributed by atoms with Crippen molar-refractivity contribution < 1.29 is 4.79 Å². The van der Waals surface area contributed by atoms with E-state index >= 15 is 0 Å². The summed E-state index contributed by atoms with van der Waals surface area (Å²) in [5.41, 5.74) is 1.20. The van der Waals surface area contributed by atoms with Crippen LogP contribution in [-0.4, -0.2) is 20.7 Å². The molecular weight excluding hydrogens is 238 g/mol. The van der Waals surface area contributed by atoms with Crippen molar-refractivity contribution >= 4 is 28.3 Å². The van der Waals surface area contributed by atoms with Crippen LogP contribution in [0.2, 0.25) is 5.02 Å². The van der Waals surface area contributed by atoms with E-state index in [0.29, 0.717) is 16.5 Å². The van der Waals surface area contributed by atoms with Gasteiger partial charge >= 0.3 is 0 Å². The second-order valence-electron chi connectivity index (χ2n) is 3.58. The van der Waals surface area contributed by atoms with Crippen molar-refractivity contribution in [3.8, 4) is 0 Å². The quantitative estimate of drug-likeness (QED) is 0.681. The minimum atomic E-state index is -0.220. The van der Waals surface area contributed by atoms with Crippen LogP contribution in [0, 0.1) is 6.07 Å². The molecule has 0 saturated carbocycles. The third-order valence-electron chi connectivity index (χ3n) is 2.44. The zero-order valence-electron chi connectivity index (χ0n) is 8.62. The number of aromatic nitrogens is 3. The maximum atomic E-state index is 12.0. The van der Waals surface area contributed by atoms with Crippen LogP contribution in [-0.2, 0) is 0 Å². The summed E-state index contributed by atoms with van der Waals surface area (Å²) in [6.45, 7) is 0. The van der Waals surface area contributed by atoms with Gasteiger partial charge in [0.15, 0.2) is 5.82 Å². The topological polar surface area (TPSA) is 61.5 Å². The van der Waals surface area contributed by atoms with Crippen LogP contribution in [0.4, 0.5) is 0 Å². The van der Waals surface area contributed by atoms with E-state index in [1.807, 2.05) is 6.07 Å². The zero-order valence-corrected chi connectivity index (χ0v) is 9.38. The summed E-state index contributed by atoms with van der Waals surface area (Å²) in [5, 5.41) is 1.40. The summed E-state index contributed by atoms with van der Waals surface area (Å²) in [4.78, 5) is 21.6. The fraction of sp³-hybridized carbons (Fsp3) is 0. The summed E-state index contributed by atoms with van der Waals surface area (Å²) in [7, 11) is 0. The lowest BCUT2D eigenvalue weighted by atomic mass is 10.2. The fourth-order valence-corrected chi connectivity index (χ4v) is 1.82. The van der Waals surface area contributed by atoms with Gasteiger partial charge in [0.1, 0.15) is 0 Å². The third-order valence-corrected chi connectivity index (χ3v) is 2.68. The normalized spacial score (nSPS) is 10.9. The van der Waals surface area contributed by atoms with Gasteiger partial charge in [0, 0.05) is 34.4 Å². The van der Waals surface area contributed by atoms with E-state index in [9.17, 15) is 4.79 Å². The smallest absolute Gasteiger partial charge is 0.245 e. The predicted octanol–water partition coefficient (Wildman–Crippen LogP) is 2.58. The number of nitrogens with one attached hydrogen (secondary N) is 2. The molecule has 2 N–H and O–H groups in total. The SMILES string of the molecule is O=C(c1[c]c2cc(Cl)ccc2[nH]1)c1ncc[nH]1. The molecule has 4 nitrogen and oxygen atoms in total. The molecule has 2 aromatic heterocycles. The molecule has 2 heterocycles. The Bertz CT molecular complexity index is 685. The first-order valence-corrected chi connectivity index (χ1v) is 5.36. The number of halogens is 1. The van der Waals surface area contributed by atoms with Crippen LogP contribution in [0.3, 0.4) is 0 Å². The average Bonchev–Trinajstić information content (AvgIpc) is 2.96. The Labute approximate surface area is 102 Å². The Morgan fingerprint density at radius 2 is 2.29 bits per heavy atom. The third kappa shape index (κ3) is 1.72. The van der Waals surface area contributed by atoms with E-state index in [2.05, 4.69) is 21.0 Å². The lowest BCUT2D eigenvalue weighted by molar-refractivity contribution is 0.102. The van der Waals surface area contributed by atoms with Crippen LogP contribution < -0.4 is 0 Å². The lowest BCUT2D eigenvalue weighted by Gasteiger charge is -1.91. The number of nitrogens with zero attached hydrogens (tertiary/aromatic N) is 1. The standard InChI is InChI=1S/C12H7ClN3O/c13-8-1-2-9-7(5-8)6-10(16-9)11(17)12-14-3-4-15-12/h1-5,16H,(H,14,15). The van der Waals surface area contributed by atoms with E-state index in [4.69, 9.17) is 11.6 Å². The van der Waals surface area contributed by atoms with Crippen LogP contribution in [0.1, 0.15) is 16.3 Å². The number of fused-ring (bicyclic) bond motifs is 1. The molecular formula is C12H7ClN3O. The van der Waals surface area contributed by atoms with Crippen molar-refractivity contribution in [1.29, 1.82) is 0 Å². The zero-order chi connectivity index (χ0) is 11.8. The molecule has 0 atom stereocenters. The molecule has 0 spiro atoms. The number of carbonyl (C=O) groups is 1. The highest BCUT2D eigenvalue weighted by molar-refractivity contribution is 6.31. The van der Waals surface area contributed by atoms with Crippen molar-refractivity contribution in [1.82, 2.24) is 15.0 Å². The van der Waals surface area contributed by atoms with Gasteiger partial charge in [-0.25, -0.2) is 4.98 Å². The van der Waals surface area contributed by atoms with Gasteiger partial charge < -0.3 is 9.97 Å². The van der Waals surface area contributed by atoms with Crippen molar-refractivity contribution in [3.63, 3.8) is 0 Å². The number of rotatable bonds is 2. The van der Waals surface area contributed by atoms with E-state index in [0.717, 1.165) is 10.9 Å². The van der Waals surface area contributed by atoms with E-state index in [-0.39, 0.29) is 5.78 Å². The molecule has 17 heavy (non-hydrogen) atoms. The molecule has 0 fully saturated rings. The lowest BCUT2D eigenvalue weighted by Crippen LogP contribution is -2.03. The van der Waals surface area contributed by atoms with Gasteiger partial charge in [0.05, 0.1) is 5.69 Å². The second-order valence-corrected chi connectivity index (χ2v) is 4.02. The van der Waals surface area contributed by atoms with Gasteiger partial charge in [0.25, 0.3) is 0 Å². The Kier molecular flexibility index (Phi) is 2.23. The van der Waals surface area contributed by atoms with Gasteiger partial charge in [-0.05, 0) is 18.2 Å². The largest absolute Gasteiger partial charge is 0.351 e. The number of imidazole rings is 1. The van der Waals surface area contributed by atoms with E-state index in [1.54, 1.807) is 18.3 Å². The van der Waals surface area contributed by atoms with Crippen molar-refractivity contribution in [2.45, 2.75) is 0 Å². The molecule has 5 heteroatoms. The highest BCUT2D eigenvalue weighted by Gasteiger charge is 2.14. The Balaban J connectivity index is 2.09. The minimum absolute atomic E-state index is 0.220. The highest BCUT2D eigenvalue weighted by atomic mass is 35.5. The minimum Gasteiger partial charge on any atom is -0.351 e. The van der Waals surface area contributed by atoms with Crippen molar-refractivity contribution in [3.05, 3.63) is 53.2 Å². The number of aromatic amines is 2. The summed E-state index contributed by atoms with van der Waals surface area (Å²) in [6, 6.07) is 8.30. The molecule has 0 aliphatic heterocycles. The Morgan fingerprint density at radius 1 is 1.41 bits per heavy atom. The Morgan fingerprint density at radius 3 is 3.06 bits per heavy atom. The maximum Gasteiger partial charge on any atom is 0.245 e. The number of hydrogen-bond acceptors (Lipinski definition) is 2. The van der Waals surface area contributed by atoms with Crippen LogP contribution in [0.5, 0.6) is 0 Å². The first-order valence-electron chi connectivity index (χ1n) is 4.98. The van der Waals surface area contributed by atoms with Crippen molar-refractivity contribution in [2.24, 2.45) is 0 Å². The molecule has 0 bridgehead atoms. The van der Waals surface area contributed by atoms with Crippen LogP contribution in [0.15, 0.2) is 30.6 Å². The number of H-pyrrole nitrogens is 2. The fourth-order valence-electron chi connectivity index (χ4n) is 1.65. The molecule has 3 rings (SSSR count). The molecule has 0 saturated heterocycles. The van der Waals surface area contributed by atoms with Crippen molar-refractivity contribution in [2.75, 3.05) is 0 Å². The molecule has 0 unspecified atom stereocenters. The van der Waals surface area contributed by atoms with Crippen LogP contribution in [0.25, 0.3) is 10.9 Å². The Hall–Kier alpha value is -2.07. The van der Waals surface area contributed by atoms with Gasteiger partial charge in [-0.15, -0.1) is 0 Å². The molecule has 3 aromatic rings. The number of hydrogen-bond donors (Lipinski definition) is 2. The molecule has 83 valence electrons. The molecule has 1 aromatic carbocycles. The first-order chi connectivity index (χ1) is 8.24. The maximum absolute atomic E-state index is 12.0. The number of ketones is 1. The van der Waals surface area contributed by atoms with E-state index in [1.165, 1.54) is 6.20 Å². The predicted molar refractivity (Wildman–Crippen MR) is 64.2 cm³/mol. The van der Waals surface area contributed by atoms with Gasteiger partial charge in [-0.3, -0.25) is 4.79 Å². The number of benzene rings is 1. The molecule has 0 aliphatic carbocycles. The summed E-state index contributed by atoms with van der Waals surface area (Å²) >= 11 is 5.87. The molecule has 1 radical (unpaired) electrons. The summed E-state index contributed by atoms with van der Waals surface area (Å²) < 4.78 is 0. The highest BCUT2D eigenvalue weighted by Crippen LogP contribution is 2.20. The van der Waals surface area contributed by atoms with Gasteiger partial charge in [-0.1, -0.05) is 11.6 Å². The first kappa shape index (κ1) is 10.1.